The Hall–Kier alpha value is -4.13. The number of carboxylic acid groups (broad SMARTS) is 1. The number of aliphatic carboxylic acids is 1. The van der Waals surface area contributed by atoms with E-state index in [1.807, 2.05) is 38.1 Å². The fourth-order valence-electron chi connectivity index (χ4n) is 4.53. The van der Waals surface area contributed by atoms with E-state index in [9.17, 15) is 19.5 Å². The summed E-state index contributed by atoms with van der Waals surface area (Å²) in [5.74, 6) is -2.19. The van der Waals surface area contributed by atoms with Crippen molar-refractivity contribution in [3.8, 4) is 0 Å². The summed E-state index contributed by atoms with van der Waals surface area (Å²) >= 11 is 12.3. The molecule has 4 aromatic carbocycles. The van der Waals surface area contributed by atoms with Crippen LogP contribution in [0.2, 0.25) is 10.0 Å². The molecule has 0 spiro atoms. The first kappa shape index (κ1) is 29.8. The summed E-state index contributed by atoms with van der Waals surface area (Å²) in [6.07, 6.45) is 0.222. The minimum atomic E-state index is -0.974. The maximum Gasteiger partial charge on any atom is 0.311 e. The van der Waals surface area contributed by atoms with Crippen LogP contribution in [0.1, 0.15) is 51.6 Å². The van der Waals surface area contributed by atoms with Crippen molar-refractivity contribution < 1.29 is 19.5 Å². The lowest BCUT2D eigenvalue weighted by Gasteiger charge is -2.26. The van der Waals surface area contributed by atoms with Crippen molar-refractivity contribution in [2.24, 2.45) is 5.92 Å². The second-order valence-corrected chi connectivity index (χ2v) is 10.9. The quantitative estimate of drug-likeness (QED) is 0.197. The SMILES string of the molecule is CC(C)CN(C(=O)c1ccccc1)c1cccc(C(Cc2ccc(NC(=O)c3c(Cl)cccc3Cl)cc2)C(=O)O)c1. The number of anilines is 2. The Morgan fingerprint density at radius 1 is 0.829 bits per heavy atom. The van der Waals surface area contributed by atoms with Crippen LogP contribution in [-0.2, 0) is 11.2 Å². The predicted octanol–water partition coefficient (Wildman–Crippen LogP) is 7.96. The van der Waals surface area contributed by atoms with Gasteiger partial charge in [-0.1, -0.05) is 85.6 Å². The Balaban J connectivity index is 1.54. The van der Waals surface area contributed by atoms with Gasteiger partial charge in [0.2, 0.25) is 0 Å². The van der Waals surface area contributed by atoms with Crippen LogP contribution in [-0.4, -0.2) is 29.4 Å². The molecule has 0 radical (unpaired) electrons. The van der Waals surface area contributed by atoms with E-state index in [0.29, 0.717) is 29.0 Å². The number of carbonyl (C=O) groups excluding carboxylic acids is 2. The highest BCUT2D eigenvalue weighted by Crippen LogP contribution is 2.29. The van der Waals surface area contributed by atoms with Crippen LogP contribution in [0.4, 0.5) is 11.4 Å². The van der Waals surface area contributed by atoms with Gasteiger partial charge in [-0.05, 0) is 72.0 Å². The molecule has 0 aromatic heterocycles. The Bertz CT molecular complexity index is 1520. The lowest BCUT2D eigenvalue weighted by atomic mass is 9.91. The first-order chi connectivity index (χ1) is 19.6. The van der Waals surface area contributed by atoms with Crippen molar-refractivity contribution >= 4 is 52.4 Å². The van der Waals surface area contributed by atoms with Gasteiger partial charge in [-0.15, -0.1) is 0 Å². The third-order valence-electron chi connectivity index (χ3n) is 6.54. The number of carbonyl (C=O) groups is 3. The number of halogens is 2. The molecule has 0 bridgehead atoms. The number of nitrogens with zero attached hydrogens (tertiary/aromatic N) is 1. The molecule has 2 N–H and O–H groups in total. The van der Waals surface area contributed by atoms with Crippen LogP contribution < -0.4 is 10.2 Å². The molecule has 0 saturated heterocycles. The van der Waals surface area contributed by atoms with Gasteiger partial charge < -0.3 is 15.3 Å². The third-order valence-corrected chi connectivity index (χ3v) is 7.17. The molecule has 0 aliphatic rings. The maximum absolute atomic E-state index is 13.4. The van der Waals surface area contributed by atoms with Gasteiger partial charge in [0.1, 0.15) is 0 Å². The zero-order valence-corrected chi connectivity index (χ0v) is 24.2. The molecule has 0 aliphatic carbocycles. The molecule has 0 fully saturated rings. The van der Waals surface area contributed by atoms with Crippen molar-refractivity contribution in [1.82, 2.24) is 0 Å². The Morgan fingerprint density at radius 2 is 1.46 bits per heavy atom. The second kappa shape index (κ2) is 13.5. The minimum Gasteiger partial charge on any atom is -0.481 e. The van der Waals surface area contributed by atoms with Gasteiger partial charge in [-0.2, -0.15) is 0 Å². The van der Waals surface area contributed by atoms with E-state index in [2.05, 4.69) is 5.32 Å². The highest BCUT2D eigenvalue weighted by Gasteiger charge is 2.24. The number of rotatable bonds is 10. The summed E-state index contributed by atoms with van der Waals surface area (Å²) in [5, 5.41) is 13.4. The molecule has 210 valence electrons. The summed E-state index contributed by atoms with van der Waals surface area (Å²) in [6, 6.07) is 28.0. The topological polar surface area (TPSA) is 86.7 Å². The van der Waals surface area contributed by atoms with Gasteiger partial charge >= 0.3 is 5.97 Å². The van der Waals surface area contributed by atoms with E-state index in [1.165, 1.54) is 0 Å². The summed E-state index contributed by atoms with van der Waals surface area (Å²) in [5.41, 5.74) is 3.28. The number of hydrogen-bond acceptors (Lipinski definition) is 3. The van der Waals surface area contributed by atoms with E-state index >= 15 is 0 Å². The summed E-state index contributed by atoms with van der Waals surface area (Å²) in [4.78, 5) is 40.2. The van der Waals surface area contributed by atoms with E-state index in [-0.39, 0.29) is 33.9 Å². The number of nitrogens with one attached hydrogen (secondary N) is 1. The van der Waals surface area contributed by atoms with Gasteiger partial charge in [-0.3, -0.25) is 14.4 Å². The van der Waals surface area contributed by atoms with Gasteiger partial charge in [0, 0.05) is 23.5 Å². The Morgan fingerprint density at radius 3 is 2.07 bits per heavy atom. The number of amides is 2. The Labute approximate surface area is 249 Å². The molecule has 2 amide bonds. The summed E-state index contributed by atoms with van der Waals surface area (Å²) < 4.78 is 0. The fraction of sp³-hybridized carbons (Fsp3) is 0.182. The zero-order chi connectivity index (χ0) is 29.5. The lowest BCUT2D eigenvalue weighted by molar-refractivity contribution is -0.138. The van der Waals surface area contributed by atoms with E-state index in [0.717, 1.165) is 5.56 Å². The smallest absolute Gasteiger partial charge is 0.311 e. The zero-order valence-electron chi connectivity index (χ0n) is 22.7. The highest BCUT2D eigenvalue weighted by molar-refractivity contribution is 6.40. The van der Waals surface area contributed by atoms with Crippen LogP contribution in [0.3, 0.4) is 0 Å². The van der Waals surface area contributed by atoms with Crippen molar-refractivity contribution in [3.05, 3.63) is 129 Å². The monoisotopic (exact) mass is 588 g/mol. The molecular weight excluding hydrogens is 559 g/mol. The largest absolute Gasteiger partial charge is 0.481 e. The van der Waals surface area contributed by atoms with Crippen LogP contribution in [0.15, 0.2) is 97.1 Å². The van der Waals surface area contributed by atoms with E-state index in [4.69, 9.17) is 23.2 Å². The average Bonchev–Trinajstić information content (AvgIpc) is 2.95. The Kier molecular flexibility index (Phi) is 9.82. The van der Waals surface area contributed by atoms with Gasteiger partial charge in [0.05, 0.1) is 21.5 Å². The molecule has 1 unspecified atom stereocenters. The molecule has 0 saturated carbocycles. The number of benzene rings is 4. The normalized spacial score (nSPS) is 11.6. The summed E-state index contributed by atoms with van der Waals surface area (Å²) in [7, 11) is 0. The van der Waals surface area contributed by atoms with Crippen LogP contribution in [0, 0.1) is 5.92 Å². The first-order valence-corrected chi connectivity index (χ1v) is 13.9. The van der Waals surface area contributed by atoms with Crippen molar-refractivity contribution in [3.63, 3.8) is 0 Å². The van der Waals surface area contributed by atoms with Crippen molar-refractivity contribution in [1.29, 1.82) is 0 Å². The van der Waals surface area contributed by atoms with Crippen molar-refractivity contribution in [2.75, 3.05) is 16.8 Å². The average molecular weight is 590 g/mol. The molecule has 8 heteroatoms. The molecule has 4 aromatic rings. The summed E-state index contributed by atoms with van der Waals surface area (Å²) in [6.45, 7) is 4.55. The van der Waals surface area contributed by atoms with Crippen LogP contribution in [0.25, 0.3) is 0 Å². The van der Waals surface area contributed by atoms with Gasteiger partial charge in [-0.25, -0.2) is 0 Å². The lowest BCUT2D eigenvalue weighted by Crippen LogP contribution is -2.34. The number of hydrogen-bond donors (Lipinski definition) is 2. The molecule has 4 rings (SSSR count). The molecule has 6 nitrogen and oxygen atoms in total. The molecular formula is C33H30Cl2N2O4. The van der Waals surface area contributed by atoms with Crippen LogP contribution in [0.5, 0.6) is 0 Å². The second-order valence-electron chi connectivity index (χ2n) is 10.1. The standard InChI is InChI=1S/C33H30Cl2N2O4/c1-21(2)20-37(32(39)23-8-4-3-5-9-23)26-11-6-10-24(19-26)27(33(40)41)18-22-14-16-25(17-15-22)36-31(38)30-28(34)12-7-13-29(30)35/h3-17,19,21,27H,18,20H2,1-2H3,(H,36,38)(H,40,41). The molecule has 0 heterocycles. The number of carboxylic acids is 1. The minimum absolute atomic E-state index is 0.140. The van der Waals surface area contributed by atoms with E-state index in [1.54, 1.807) is 77.7 Å². The molecule has 0 aliphatic heterocycles. The fourth-order valence-corrected chi connectivity index (χ4v) is 5.10. The molecule has 1 atom stereocenters. The predicted molar refractivity (Wildman–Crippen MR) is 164 cm³/mol. The van der Waals surface area contributed by atoms with Gasteiger partial charge in [0.15, 0.2) is 0 Å². The molecule has 41 heavy (non-hydrogen) atoms. The first-order valence-electron chi connectivity index (χ1n) is 13.2. The maximum atomic E-state index is 13.4. The highest BCUT2D eigenvalue weighted by atomic mass is 35.5. The van der Waals surface area contributed by atoms with E-state index < -0.39 is 17.8 Å². The van der Waals surface area contributed by atoms with Gasteiger partial charge in [0.25, 0.3) is 11.8 Å². The van der Waals surface area contributed by atoms with Crippen LogP contribution >= 0.6 is 23.2 Å². The van der Waals surface area contributed by atoms with Crippen molar-refractivity contribution in [2.45, 2.75) is 26.2 Å². The third kappa shape index (κ3) is 7.54.